The zero-order valence-electron chi connectivity index (χ0n) is 31.1. The predicted octanol–water partition coefficient (Wildman–Crippen LogP) is 8.82. The first-order valence-corrected chi connectivity index (χ1v) is 18.9. The van der Waals surface area contributed by atoms with Gasteiger partial charge in [0.25, 0.3) is 0 Å². The molecule has 50 heavy (non-hydrogen) atoms. The fourth-order valence-corrected chi connectivity index (χ4v) is 8.41. The molecule has 5 aliphatic carbocycles. The highest BCUT2D eigenvalue weighted by Gasteiger charge is 2.41. The maximum atomic E-state index is 13.9. The Morgan fingerprint density at radius 3 is 1.42 bits per heavy atom. The van der Waals surface area contributed by atoms with Crippen molar-refractivity contribution in [3.05, 3.63) is 44.5 Å². The highest BCUT2D eigenvalue weighted by molar-refractivity contribution is 6.10. The molecule has 5 aliphatic rings. The number of hydrogen-bond acceptors (Lipinski definition) is 9. The molecule has 0 heterocycles. The topological polar surface area (TPSA) is 114 Å². The first-order valence-electron chi connectivity index (χ1n) is 18.9. The van der Waals surface area contributed by atoms with Gasteiger partial charge in [-0.05, 0) is 74.0 Å². The number of carbonyl (C=O) groups is 4. The minimum atomic E-state index is -0.605. The van der Waals surface area contributed by atoms with Gasteiger partial charge in [0.2, 0.25) is 0 Å². The summed E-state index contributed by atoms with van der Waals surface area (Å²) >= 11 is 0. The molecule has 0 aliphatic heterocycles. The summed E-state index contributed by atoms with van der Waals surface area (Å²) < 4.78 is 27.9. The van der Waals surface area contributed by atoms with Crippen molar-refractivity contribution < 1.29 is 42.9 Å². The normalized spacial score (nSPS) is 20.0. The fraction of sp³-hybridized carbons (Fsp3) is 0.659. The van der Waals surface area contributed by atoms with Crippen LogP contribution < -0.4 is 4.74 Å². The van der Waals surface area contributed by atoms with E-state index >= 15 is 0 Å². The largest absolute Gasteiger partial charge is 0.496 e. The van der Waals surface area contributed by atoms with E-state index in [1.165, 1.54) is 47.7 Å². The van der Waals surface area contributed by atoms with Gasteiger partial charge in [0.05, 0.1) is 57.8 Å². The molecule has 9 nitrogen and oxygen atoms in total. The summed E-state index contributed by atoms with van der Waals surface area (Å²) in [7, 11) is 6.97. The van der Waals surface area contributed by atoms with Crippen molar-refractivity contribution in [1.82, 2.24) is 0 Å². The number of ether oxygens (including phenoxy) is 5. The maximum absolute atomic E-state index is 13.9. The lowest BCUT2D eigenvalue weighted by molar-refractivity contribution is -0.139. The van der Waals surface area contributed by atoms with Gasteiger partial charge in [0.15, 0.2) is 0 Å². The Morgan fingerprint density at radius 2 is 0.920 bits per heavy atom. The van der Waals surface area contributed by atoms with Gasteiger partial charge in [-0.2, -0.15) is 0 Å². The highest BCUT2D eigenvalue weighted by Crippen LogP contribution is 2.50. The highest BCUT2D eigenvalue weighted by atomic mass is 16.5. The second-order valence-electron chi connectivity index (χ2n) is 13.9. The molecule has 0 N–H and O–H groups in total. The number of methoxy groups -OCH3 is 5. The smallest absolute Gasteiger partial charge is 0.339 e. The number of carbonyl (C=O) groups excluding carboxylic acids is 4. The molecular formula is C41H58O9. The molecule has 1 aromatic carbocycles. The van der Waals surface area contributed by atoms with Crippen LogP contribution in [0.1, 0.15) is 159 Å². The first-order chi connectivity index (χ1) is 24.3. The van der Waals surface area contributed by atoms with Crippen LogP contribution in [0.3, 0.4) is 0 Å². The summed E-state index contributed by atoms with van der Waals surface area (Å²) in [4.78, 5) is 55.2. The van der Waals surface area contributed by atoms with Crippen LogP contribution in [0.15, 0.2) is 16.7 Å². The molecule has 0 spiro atoms. The van der Waals surface area contributed by atoms with E-state index in [-0.39, 0.29) is 22.6 Å². The Hall–Kier alpha value is -3.62. The summed E-state index contributed by atoms with van der Waals surface area (Å²) in [6, 6.07) is 0. The molecule has 276 valence electrons. The van der Waals surface area contributed by atoms with Gasteiger partial charge in [-0.3, -0.25) is 0 Å². The molecule has 9 heteroatoms. The second kappa shape index (κ2) is 19.7. The van der Waals surface area contributed by atoms with Gasteiger partial charge in [-0.15, -0.1) is 0 Å². The molecule has 1 unspecified atom stereocenters. The van der Waals surface area contributed by atoms with Gasteiger partial charge in [0, 0.05) is 11.1 Å². The third-order valence-corrected chi connectivity index (χ3v) is 10.9. The molecule has 1 aromatic rings. The second-order valence-corrected chi connectivity index (χ2v) is 13.9. The van der Waals surface area contributed by atoms with Gasteiger partial charge in [0.1, 0.15) is 5.75 Å². The lowest BCUT2D eigenvalue weighted by Gasteiger charge is -2.34. The van der Waals surface area contributed by atoms with Crippen molar-refractivity contribution >= 4 is 29.5 Å². The quantitative estimate of drug-likeness (QED) is 0.213. The number of benzene rings is 1. The van der Waals surface area contributed by atoms with Gasteiger partial charge >= 0.3 is 23.9 Å². The molecule has 6 rings (SSSR count). The zero-order chi connectivity index (χ0) is 36.0. The lowest BCUT2D eigenvalue weighted by atomic mass is 9.71. The summed E-state index contributed by atoms with van der Waals surface area (Å²) in [6.07, 6.45) is 19.0. The third-order valence-electron chi connectivity index (χ3n) is 10.9. The van der Waals surface area contributed by atoms with Gasteiger partial charge in [-0.25, -0.2) is 19.2 Å². The fourth-order valence-electron chi connectivity index (χ4n) is 8.41. The molecule has 0 aromatic heterocycles. The van der Waals surface area contributed by atoms with E-state index in [0.29, 0.717) is 54.6 Å². The standard InChI is InChI=1S/C41H58O9/c1-46-37-30-25-21-17-13-9-8-12-16-20-24-29(35(40(44)49-4)36(30)41(45)50-5)33(37)31-26-27-22-18-14-10-6-7-11-15-19-23-28(31)34(39(43)48-3)32(27)38(42)47-2/h27H,6-26H2,1-5H3. The number of hydrogen-bond donors (Lipinski definition) is 0. The van der Waals surface area contributed by atoms with Crippen molar-refractivity contribution in [2.24, 2.45) is 5.92 Å². The summed E-state index contributed by atoms with van der Waals surface area (Å²) in [6.45, 7) is 0. The minimum Gasteiger partial charge on any atom is -0.496 e. The molecule has 0 radical (unpaired) electrons. The van der Waals surface area contributed by atoms with Crippen LogP contribution in [0.2, 0.25) is 0 Å². The number of allylic oxidation sites excluding steroid dienone is 1. The van der Waals surface area contributed by atoms with Crippen molar-refractivity contribution in [2.45, 2.75) is 135 Å². The minimum absolute atomic E-state index is 0.197. The van der Waals surface area contributed by atoms with Gasteiger partial charge < -0.3 is 23.7 Å². The molecule has 0 fully saturated rings. The van der Waals surface area contributed by atoms with E-state index in [1.807, 2.05) is 0 Å². The molecule has 0 saturated carbocycles. The lowest BCUT2D eigenvalue weighted by Crippen LogP contribution is -2.28. The Morgan fingerprint density at radius 1 is 0.480 bits per heavy atom. The Labute approximate surface area is 298 Å². The number of fused-ring (bicyclic) bond motifs is 22. The van der Waals surface area contributed by atoms with Crippen LogP contribution in [0.5, 0.6) is 5.75 Å². The van der Waals surface area contributed by atoms with Crippen molar-refractivity contribution in [2.75, 3.05) is 35.5 Å². The van der Waals surface area contributed by atoms with E-state index in [0.717, 1.165) is 100 Å². The maximum Gasteiger partial charge on any atom is 0.339 e. The molecule has 4 bridgehead atoms. The third kappa shape index (κ3) is 8.99. The Balaban J connectivity index is 2.19. The van der Waals surface area contributed by atoms with Crippen LogP contribution in [0.4, 0.5) is 0 Å². The van der Waals surface area contributed by atoms with E-state index in [2.05, 4.69) is 0 Å². The zero-order valence-corrected chi connectivity index (χ0v) is 31.1. The Kier molecular flexibility index (Phi) is 15.4. The van der Waals surface area contributed by atoms with Gasteiger partial charge in [-0.1, -0.05) is 83.5 Å². The van der Waals surface area contributed by atoms with Crippen molar-refractivity contribution in [3.63, 3.8) is 0 Å². The van der Waals surface area contributed by atoms with Crippen LogP contribution in [0.25, 0.3) is 5.57 Å². The monoisotopic (exact) mass is 694 g/mol. The number of rotatable bonds is 6. The van der Waals surface area contributed by atoms with Crippen LogP contribution in [0, 0.1) is 5.92 Å². The summed E-state index contributed by atoms with van der Waals surface area (Å²) in [5.41, 5.74) is 4.69. The summed E-state index contributed by atoms with van der Waals surface area (Å²) in [5, 5.41) is 0. The number of esters is 4. The van der Waals surface area contributed by atoms with Crippen molar-refractivity contribution in [3.8, 4) is 5.75 Å². The molecular weight excluding hydrogens is 636 g/mol. The average Bonchev–Trinajstić information content (AvgIpc) is 3.14. The van der Waals surface area contributed by atoms with E-state index in [9.17, 15) is 19.2 Å². The molecule has 1 atom stereocenters. The summed E-state index contributed by atoms with van der Waals surface area (Å²) in [5.74, 6) is -2.08. The molecule has 0 saturated heterocycles. The van der Waals surface area contributed by atoms with E-state index in [1.54, 1.807) is 7.11 Å². The van der Waals surface area contributed by atoms with Crippen LogP contribution >= 0.6 is 0 Å². The van der Waals surface area contributed by atoms with E-state index in [4.69, 9.17) is 23.7 Å². The van der Waals surface area contributed by atoms with Crippen LogP contribution in [-0.4, -0.2) is 59.4 Å². The predicted molar refractivity (Wildman–Crippen MR) is 192 cm³/mol. The van der Waals surface area contributed by atoms with Crippen molar-refractivity contribution in [1.29, 1.82) is 0 Å². The van der Waals surface area contributed by atoms with Crippen LogP contribution in [-0.2, 0) is 41.4 Å². The SMILES string of the molecule is COC(=O)C1=C(C(=O)OC)C2CCCCCCCCCCC1=C(c1c3c(C(=O)OC)c(C(=O)OC)c(c1OC)CCCCCCCCCC3)C2. The average molecular weight is 695 g/mol. The first kappa shape index (κ1) is 39.2. The van der Waals surface area contributed by atoms with E-state index < -0.39 is 23.9 Å². The Bertz CT molecular complexity index is 1450. The molecule has 0 amide bonds.